The van der Waals surface area contributed by atoms with E-state index in [1.165, 1.54) is 6.26 Å². The predicted molar refractivity (Wildman–Crippen MR) is 84.8 cm³/mol. The van der Waals surface area contributed by atoms with Crippen LogP contribution < -0.4 is 10.6 Å². The van der Waals surface area contributed by atoms with Crippen LogP contribution in [-0.2, 0) is 9.84 Å². The van der Waals surface area contributed by atoms with E-state index in [9.17, 15) is 8.42 Å². The third-order valence-electron chi connectivity index (χ3n) is 4.21. The highest BCUT2D eigenvalue weighted by molar-refractivity contribution is 7.91. The Morgan fingerprint density at radius 1 is 1.25 bits per heavy atom. The molecule has 112 valence electrons. The number of nitrogen functional groups attached to an aromatic ring is 1. The number of hydrogen-bond donors (Lipinski definition) is 1. The van der Waals surface area contributed by atoms with Gasteiger partial charge in [-0.2, -0.15) is 0 Å². The molecule has 0 heterocycles. The third kappa shape index (κ3) is 3.45. The predicted octanol–water partition coefficient (Wildman–Crippen LogP) is 2.45. The molecule has 0 aromatic heterocycles. The molecule has 2 N–H and O–H groups in total. The van der Waals surface area contributed by atoms with Crippen LogP contribution in [0.25, 0.3) is 0 Å². The second kappa shape index (κ2) is 6.04. The van der Waals surface area contributed by atoms with Gasteiger partial charge in [-0.25, -0.2) is 8.42 Å². The molecule has 1 saturated carbocycles. The van der Waals surface area contributed by atoms with Crippen LogP contribution in [0.15, 0.2) is 24.3 Å². The van der Waals surface area contributed by atoms with Crippen molar-refractivity contribution in [2.45, 2.75) is 43.9 Å². The van der Waals surface area contributed by atoms with Crippen molar-refractivity contribution in [1.29, 1.82) is 0 Å². The quantitative estimate of drug-likeness (QED) is 0.867. The number of anilines is 2. The standard InChI is InChI=1S/C15H24N2O2S/c1-3-17(13-9-7-12(16)8-10-13)14-5-4-6-15(11-14)20(2,18)19/h7-10,14-15H,3-6,11,16H2,1-2H3. The van der Waals surface area contributed by atoms with Gasteiger partial charge in [0.1, 0.15) is 9.84 Å². The van der Waals surface area contributed by atoms with Crippen LogP contribution in [0.1, 0.15) is 32.6 Å². The molecule has 20 heavy (non-hydrogen) atoms. The normalized spacial score (nSPS) is 23.5. The minimum atomic E-state index is -2.94. The van der Waals surface area contributed by atoms with Gasteiger partial charge in [0.15, 0.2) is 0 Å². The van der Waals surface area contributed by atoms with E-state index in [4.69, 9.17) is 5.73 Å². The fourth-order valence-corrected chi connectivity index (χ4v) is 4.28. The van der Waals surface area contributed by atoms with Gasteiger partial charge in [-0.05, 0) is 50.5 Å². The zero-order chi connectivity index (χ0) is 14.8. The van der Waals surface area contributed by atoms with E-state index in [0.29, 0.717) is 6.04 Å². The lowest BCUT2D eigenvalue weighted by Crippen LogP contribution is -2.42. The lowest BCUT2D eigenvalue weighted by Gasteiger charge is -2.38. The molecule has 0 spiro atoms. The van der Waals surface area contributed by atoms with Crippen LogP contribution in [0.5, 0.6) is 0 Å². The highest BCUT2D eigenvalue weighted by Gasteiger charge is 2.31. The summed E-state index contributed by atoms with van der Waals surface area (Å²) < 4.78 is 23.6. The molecular formula is C15H24N2O2S. The zero-order valence-electron chi connectivity index (χ0n) is 12.2. The van der Waals surface area contributed by atoms with Crippen LogP contribution in [0.2, 0.25) is 0 Å². The Labute approximate surface area is 121 Å². The molecule has 4 nitrogen and oxygen atoms in total. The number of sulfone groups is 1. The first kappa shape index (κ1) is 15.2. The Morgan fingerprint density at radius 2 is 1.90 bits per heavy atom. The van der Waals surface area contributed by atoms with Gasteiger partial charge >= 0.3 is 0 Å². The molecule has 1 aliphatic rings. The Balaban J connectivity index is 2.17. The van der Waals surface area contributed by atoms with Crippen LogP contribution in [0.4, 0.5) is 11.4 Å². The largest absolute Gasteiger partial charge is 0.399 e. The third-order valence-corrected chi connectivity index (χ3v) is 5.85. The molecule has 0 aliphatic heterocycles. The monoisotopic (exact) mass is 296 g/mol. The molecule has 1 aliphatic carbocycles. The Bertz CT molecular complexity index is 539. The summed E-state index contributed by atoms with van der Waals surface area (Å²) in [6.07, 6.45) is 4.93. The Morgan fingerprint density at radius 3 is 2.45 bits per heavy atom. The molecule has 2 atom stereocenters. The van der Waals surface area contributed by atoms with Crippen molar-refractivity contribution in [3.8, 4) is 0 Å². The van der Waals surface area contributed by atoms with Crippen LogP contribution in [0, 0.1) is 0 Å². The molecule has 1 fully saturated rings. The maximum atomic E-state index is 11.8. The average Bonchev–Trinajstić information content (AvgIpc) is 2.41. The van der Waals surface area contributed by atoms with E-state index in [-0.39, 0.29) is 5.25 Å². The number of hydrogen-bond acceptors (Lipinski definition) is 4. The van der Waals surface area contributed by atoms with Crippen molar-refractivity contribution in [3.05, 3.63) is 24.3 Å². The smallest absolute Gasteiger partial charge is 0.150 e. The van der Waals surface area contributed by atoms with Crippen molar-refractivity contribution in [2.75, 3.05) is 23.4 Å². The van der Waals surface area contributed by atoms with E-state index in [0.717, 1.165) is 43.6 Å². The molecule has 0 saturated heterocycles. The second-order valence-corrected chi connectivity index (χ2v) is 7.98. The molecule has 0 radical (unpaired) electrons. The molecule has 5 heteroatoms. The Hall–Kier alpha value is -1.23. The molecule has 2 rings (SSSR count). The fourth-order valence-electron chi connectivity index (χ4n) is 3.11. The van der Waals surface area contributed by atoms with E-state index in [2.05, 4.69) is 11.8 Å². The first-order valence-electron chi connectivity index (χ1n) is 7.23. The van der Waals surface area contributed by atoms with Gasteiger partial charge in [0, 0.05) is 30.2 Å². The summed E-state index contributed by atoms with van der Waals surface area (Å²) in [7, 11) is -2.94. The summed E-state index contributed by atoms with van der Waals surface area (Å²) in [5, 5.41) is -0.191. The van der Waals surface area contributed by atoms with E-state index >= 15 is 0 Å². The van der Waals surface area contributed by atoms with Crippen LogP contribution in [-0.4, -0.2) is 32.5 Å². The Kier molecular flexibility index (Phi) is 4.58. The molecule has 2 unspecified atom stereocenters. The van der Waals surface area contributed by atoms with Crippen molar-refractivity contribution >= 4 is 21.2 Å². The topological polar surface area (TPSA) is 63.4 Å². The summed E-state index contributed by atoms with van der Waals surface area (Å²) in [6.45, 7) is 2.99. The van der Waals surface area contributed by atoms with E-state index in [1.54, 1.807) is 0 Å². The molecular weight excluding hydrogens is 272 g/mol. The summed E-state index contributed by atoms with van der Waals surface area (Å²) in [6, 6.07) is 8.13. The number of rotatable bonds is 4. The first-order chi connectivity index (χ1) is 9.41. The van der Waals surface area contributed by atoms with Crippen LogP contribution in [0.3, 0.4) is 0 Å². The van der Waals surface area contributed by atoms with Crippen molar-refractivity contribution in [3.63, 3.8) is 0 Å². The molecule has 0 bridgehead atoms. The molecule has 0 amide bonds. The highest BCUT2D eigenvalue weighted by Crippen LogP contribution is 2.30. The van der Waals surface area contributed by atoms with Crippen molar-refractivity contribution in [2.24, 2.45) is 0 Å². The van der Waals surface area contributed by atoms with E-state index < -0.39 is 9.84 Å². The first-order valence-corrected chi connectivity index (χ1v) is 9.18. The van der Waals surface area contributed by atoms with Gasteiger partial charge in [-0.15, -0.1) is 0 Å². The molecule has 1 aromatic carbocycles. The summed E-state index contributed by atoms with van der Waals surface area (Å²) in [5.41, 5.74) is 7.61. The average molecular weight is 296 g/mol. The van der Waals surface area contributed by atoms with Gasteiger partial charge in [0.05, 0.1) is 5.25 Å². The maximum absolute atomic E-state index is 11.8. The number of nitrogens with zero attached hydrogens (tertiary/aromatic N) is 1. The van der Waals surface area contributed by atoms with Gasteiger partial charge in [0.25, 0.3) is 0 Å². The number of benzene rings is 1. The second-order valence-electron chi connectivity index (χ2n) is 5.65. The summed E-state index contributed by atoms with van der Waals surface area (Å²) in [5.74, 6) is 0. The number of nitrogens with two attached hydrogens (primary N) is 1. The SMILES string of the molecule is CCN(c1ccc(N)cc1)C1CCCC(S(C)(=O)=O)C1. The lowest BCUT2D eigenvalue weighted by molar-refractivity contribution is 0.414. The van der Waals surface area contributed by atoms with Crippen molar-refractivity contribution < 1.29 is 8.42 Å². The van der Waals surface area contributed by atoms with Gasteiger partial charge in [-0.1, -0.05) is 6.42 Å². The maximum Gasteiger partial charge on any atom is 0.150 e. The van der Waals surface area contributed by atoms with Gasteiger partial charge in [0.2, 0.25) is 0 Å². The highest BCUT2D eigenvalue weighted by atomic mass is 32.2. The summed E-state index contributed by atoms with van der Waals surface area (Å²) in [4.78, 5) is 2.30. The lowest BCUT2D eigenvalue weighted by atomic mass is 9.93. The van der Waals surface area contributed by atoms with Gasteiger partial charge < -0.3 is 10.6 Å². The minimum absolute atomic E-state index is 0.191. The molecule has 1 aromatic rings. The zero-order valence-corrected chi connectivity index (χ0v) is 13.1. The minimum Gasteiger partial charge on any atom is -0.399 e. The van der Waals surface area contributed by atoms with E-state index in [1.807, 2.05) is 24.3 Å². The van der Waals surface area contributed by atoms with Crippen LogP contribution >= 0.6 is 0 Å². The van der Waals surface area contributed by atoms with Gasteiger partial charge in [-0.3, -0.25) is 0 Å². The van der Waals surface area contributed by atoms with Crippen molar-refractivity contribution in [1.82, 2.24) is 0 Å². The summed E-state index contributed by atoms with van der Waals surface area (Å²) >= 11 is 0. The fraction of sp³-hybridized carbons (Fsp3) is 0.600.